The summed E-state index contributed by atoms with van der Waals surface area (Å²) in [5, 5.41) is 10.4. The van der Waals surface area contributed by atoms with Crippen molar-refractivity contribution in [2.45, 2.75) is 50.7 Å². The highest BCUT2D eigenvalue weighted by molar-refractivity contribution is 5.72. The molecule has 1 aromatic carbocycles. The topological polar surface area (TPSA) is 46.5 Å². The molecule has 0 radical (unpaired) electrons. The van der Waals surface area contributed by atoms with Crippen LogP contribution in [0.25, 0.3) is 0 Å². The molecule has 2 unspecified atom stereocenters. The first-order chi connectivity index (χ1) is 10.1. The van der Waals surface area contributed by atoms with Gasteiger partial charge in [0.1, 0.15) is 6.61 Å². The molecule has 0 aromatic heterocycles. The van der Waals surface area contributed by atoms with E-state index in [-0.39, 0.29) is 11.9 Å². The van der Waals surface area contributed by atoms with Crippen LogP contribution in [-0.4, -0.2) is 16.7 Å². The summed E-state index contributed by atoms with van der Waals surface area (Å²) < 4.78 is 5.41. The average molecular weight is 288 g/mol. The van der Waals surface area contributed by atoms with Crippen LogP contribution in [0.15, 0.2) is 43.0 Å². The summed E-state index contributed by atoms with van der Waals surface area (Å²) in [6.07, 6.45) is 6.08. The van der Waals surface area contributed by atoms with Gasteiger partial charge >= 0.3 is 5.97 Å². The van der Waals surface area contributed by atoms with E-state index in [1.807, 2.05) is 30.3 Å². The van der Waals surface area contributed by atoms with Crippen molar-refractivity contribution in [2.24, 2.45) is 5.92 Å². The molecule has 1 aliphatic rings. The van der Waals surface area contributed by atoms with E-state index in [2.05, 4.69) is 6.58 Å². The summed E-state index contributed by atoms with van der Waals surface area (Å²) in [6, 6.07) is 9.71. The van der Waals surface area contributed by atoms with Gasteiger partial charge in [-0.05, 0) is 44.1 Å². The molecule has 0 amide bonds. The second-order valence-corrected chi connectivity index (χ2v) is 5.94. The fourth-order valence-electron chi connectivity index (χ4n) is 2.94. The summed E-state index contributed by atoms with van der Waals surface area (Å²) >= 11 is 0. The number of rotatable bonds is 5. The maximum Gasteiger partial charge on any atom is 0.309 e. The molecule has 1 aliphatic carbocycles. The number of ether oxygens (including phenoxy) is 1. The molecule has 0 spiro atoms. The summed E-state index contributed by atoms with van der Waals surface area (Å²) in [4.78, 5) is 12.2. The van der Waals surface area contributed by atoms with Crippen LogP contribution in [-0.2, 0) is 16.1 Å². The highest BCUT2D eigenvalue weighted by Gasteiger charge is 2.32. The first-order valence-corrected chi connectivity index (χ1v) is 7.67. The van der Waals surface area contributed by atoms with E-state index < -0.39 is 5.60 Å². The smallest absolute Gasteiger partial charge is 0.309 e. The van der Waals surface area contributed by atoms with E-state index in [9.17, 15) is 9.90 Å². The highest BCUT2D eigenvalue weighted by atomic mass is 16.5. The minimum atomic E-state index is -0.684. The Balaban J connectivity index is 1.84. The molecule has 21 heavy (non-hydrogen) atoms. The molecule has 0 saturated heterocycles. The minimum absolute atomic E-state index is 0.0902. The number of esters is 1. The highest BCUT2D eigenvalue weighted by Crippen LogP contribution is 2.33. The third kappa shape index (κ3) is 4.71. The van der Waals surface area contributed by atoms with E-state index in [1.165, 1.54) is 0 Å². The van der Waals surface area contributed by atoms with Crippen molar-refractivity contribution in [3.05, 3.63) is 48.6 Å². The van der Waals surface area contributed by atoms with Gasteiger partial charge in [0.25, 0.3) is 0 Å². The predicted molar refractivity (Wildman–Crippen MR) is 82.6 cm³/mol. The normalized spacial score (nSPS) is 25.9. The van der Waals surface area contributed by atoms with Crippen molar-refractivity contribution >= 4 is 5.97 Å². The molecule has 3 nitrogen and oxygen atoms in total. The van der Waals surface area contributed by atoms with Crippen LogP contribution >= 0.6 is 0 Å². The molecule has 114 valence electrons. The van der Waals surface area contributed by atoms with Crippen molar-refractivity contribution in [1.82, 2.24) is 0 Å². The third-order valence-corrected chi connectivity index (χ3v) is 4.23. The van der Waals surface area contributed by atoms with Gasteiger partial charge < -0.3 is 9.84 Å². The quantitative estimate of drug-likeness (QED) is 0.511. The van der Waals surface area contributed by atoms with Crippen molar-refractivity contribution < 1.29 is 14.6 Å². The first kappa shape index (κ1) is 15.8. The number of aliphatic hydroxyl groups is 1. The van der Waals surface area contributed by atoms with Gasteiger partial charge in [-0.2, -0.15) is 0 Å². The predicted octanol–water partition coefficient (Wildman–Crippen LogP) is 3.62. The minimum Gasteiger partial charge on any atom is -0.461 e. The molecule has 3 heteroatoms. The zero-order chi connectivity index (χ0) is 15.1. The third-order valence-electron chi connectivity index (χ3n) is 4.23. The van der Waals surface area contributed by atoms with Crippen LogP contribution in [0, 0.1) is 5.92 Å². The number of hydrogen-bond acceptors (Lipinski definition) is 3. The molecule has 0 heterocycles. The Morgan fingerprint density at radius 3 is 2.81 bits per heavy atom. The summed E-state index contributed by atoms with van der Waals surface area (Å²) in [5.74, 6) is -0.228. The number of hydrogen-bond donors (Lipinski definition) is 1. The van der Waals surface area contributed by atoms with Crippen LogP contribution in [0.4, 0.5) is 0 Å². The van der Waals surface area contributed by atoms with Crippen LogP contribution < -0.4 is 0 Å². The van der Waals surface area contributed by atoms with Gasteiger partial charge in [-0.1, -0.05) is 36.4 Å². The van der Waals surface area contributed by atoms with Gasteiger partial charge in [0.05, 0.1) is 11.5 Å². The summed E-state index contributed by atoms with van der Waals surface area (Å²) in [7, 11) is 0. The molecule has 1 aromatic rings. The van der Waals surface area contributed by atoms with Crippen molar-refractivity contribution in [2.75, 3.05) is 0 Å². The average Bonchev–Trinajstić information content (AvgIpc) is 2.68. The van der Waals surface area contributed by atoms with Crippen LogP contribution in [0.3, 0.4) is 0 Å². The van der Waals surface area contributed by atoms with Gasteiger partial charge in [-0.15, -0.1) is 6.58 Å². The Hall–Kier alpha value is -1.61. The fourth-order valence-corrected chi connectivity index (χ4v) is 2.94. The lowest BCUT2D eigenvalue weighted by atomic mass is 9.90. The van der Waals surface area contributed by atoms with Crippen LogP contribution in [0.2, 0.25) is 0 Å². The lowest BCUT2D eigenvalue weighted by Gasteiger charge is -2.24. The van der Waals surface area contributed by atoms with E-state index in [0.29, 0.717) is 25.9 Å². The second-order valence-electron chi connectivity index (χ2n) is 5.94. The molecule has 0 aliphatic heterocycles. The standard InChI is InChI=1S/C18H24O3/c1-2-11-18(20)12-6-9-16(10-13-18)17(19)21-14-15-7-4-3-5-8-15/h2-5,7-8,16,20H,1,6,9-14H2. The Kier molecular flexibility index (Phi) is 5.57. The summed E-state index contributed by atoms with van der Waals surface area (Å²) in [5.41, 5.74) is 0.318. The molecule has 1 fully saturated rings. The Bertz CT molecular complexity index is 469. The Morgan fingerprint density at radius 2 is 2.10 bits per heavy atom. The van der Waals surface area contributed by atoms with Crippen LogP contribution in [0.5, 0.6) is 0 Å². The van der Waals surface area contributed by atoms with Gasteiger partial charge in [0, 0.05) is 0 Å². The second kappa shape index (κ2) is 7.41. The zero-order valence-corrected chi connectivity index (χ0v) is 12.5. The van der Waals surface area contributed by atoms with E-state index in [4.69, 9.17) is 4.74 Å². The number of benzene rings is 1. The lowest BCUT2D eigenvalue weighted by molar-refractivity contribution is -0.150. The van der Waals surface area contributed by atoms with Gasteiger partial charge in [-0.3, -0.25) is 4.79 Å². The van der Waals surface area contributed by atoms with Gasteiger partial charge in [-0.25, -0.2) is 0 Å². The Morgan fingerprint density at radius 1 is 1.33 bits per heavy atom. The van der Waals surface area contributed by atoms with E-state index >= 15 is 0 Å². The van der Waals surface area contributed by atoms with Crippen LogP contribution in [0.1, 0.15) is 44.1 Å². The molecule has 1 N–H and O–H groups in total. The van der Waals surface area contributed by atoms with Gasteiger partial charge in [0.2, 0.25) is 0 Å². The monoisotopic (exact) mass is 288 g/mol. The van der Waals surface area contributed by atoms with Gasteiger partial charge in [0.15, 0.2) is 0 Å². The van der Waals surface area contributed by atoms with E-state index in [0.717, 1.165) is 24.8 Å². The number of carbonyl (C=O) groups is 1. The first-order valence-electron chi connectivity index (χ1n) is 7.67. The molecule has 1 saturated carbocycles. The summed E-state index contributed by atoms with van der Waals surface area (Å²) in [6.45, 7) is 4.02. The SMILES string of the molecule is C=CCC1(O)CCCC(C(=O)OCc2ccccc2)CC1. The molecular weight excluding hydrogens is 264 g/mol. The van der Waals surface area contributed by atoms with Crippen molar-refractivity contribution in [3.8, 4) is 0 Å². The molecule has 2 atom stereocenters. The number of carbonyl (C=O) groups excluding carboxylic acids is 1. The Labute approximate surface area is 126 Å². The largest absolute Gasteiger partial charge is 0.461 e. The van der Waals surface area contributed by atoms with Crippen molar-refractivity contribution in [3.63, 3.8) is 0 Å². The lowest BCUT2D eigenvalue weighted by Crippen LogP contribution is -2.27. The molecule has 0 bridgehead atoms. The molecule has 2 rings (SSSR count). The van der Waals surface area contributed by atoms with Crippen molar-refractivity contribution in [1.29, 1.82) is 0 Å². The molecular formula is C18H24O3. The zero-order valence-electron chi connectivity index (χ0n) is 12.5. The maximum atomic E-state index is 12.2. The fraction of sp³-hybridized carbons (Fsp3) is 0.500. The maximum absolute atomic E-state index is 12.2. The van der Waals surface area contributed by atoms with E-state index in [1.54, 1.807) is 6.08 Å².